The minimum atomic E-state index is 0.162. The second kappa shape index (κ2) is 3.91. The number of nitrogens with one attached hydrogen (secondary N) is 1. The topological polar surface area (TPSA) is 68.8 Å². The average molecular weight is 233 g/mol. The lowest BCUT2D eigenvalue weighted by molar-refractivity contribution is 0.397. The normalized spacial score (nSPS) is 15.5. The minimum Gasteiger partial charge on any atom is -0.384 e. The van der Waals surface area contributed by atoms with Crippen molar-refractivity contribution in [3.63, 3.8) is 0 Å². The van der Waals surface area contributed by atoms with Gasteiger partial charge in [0, 0.05) is 6.42 Å². The maximum absolute atomic E-state index is 5.92. The fourth-order valence-corrected chi connectivity index (χ4v) is 1.92. The molecule has 0 amide bonds. The Hall–Kier alpha value is -1.78. The summed E-state index contributed by atoms with van der Waals surface area (Å²) in [5, 5.41) is 11.5. The summed E-state index contributed by atoms with van der Waals surface area (Å²) < 4.78 is 2.00. The lowest BCUT2D eigenvalue weighted by Gasteiger charge is -2.23. The van der Waals surface area contributed by atoms with E-state index in [1.54, 1.807) is 6.08 Å². The quantitative estimate of drug-likeness (QED) is 0.806. The Balaban J connectivity index is 2.47. The summed E-state index contributed by atoms with van der Waals surface area (Å²) in [6.07, 6.45) is 2.59. The molecule has 0 bridgehead atoms. The summed E-state index contributed by atoms with van der Waals surface area (Å²) in [5.41, 5.74) is 6.92. The van der Waals surface area contributed by atoms with Crippen molar-refractivity contribution in [1.82, 2.24) is 20.1 Å². The molecule has 1 aromatic rings. The van der Waals surface area contributed by atoms with Crippen LogP contribution in [-0.4, -0.2) is 14.8 Å². The zero-order valence-electron chi connectivity index (χ0n) is 10.6. The highest BCUT2D eigenvalue weighted by Crippen LogP contribution is 2.24. The summed E-state index contributed by atoms with van der Waals surface area (Å²) in [6, 6.07) is 0. The van der Waals surface area contributed by atoms with Crippen LogP contribution in [0.5, 0.6) is 0 Å². The molecule has 0 aromatic carbocycles. The molecule has 1 aromatic heterocycles. The number of fused-ring (bicyclic) bond motifs is 1. The summed E-state index contributed by atoms with van der Waals surface area (Å²) in [4.78, 5) is 0. The zero-order chi connectivity index (χ0) is 12.6. The molecule has 2 heterocycles. The van der Waals surface area contributed by atoms with E-state index < -0.39 is 0 Å². The van der Waals surface area contributed by atoms with Gasteiger partial charge in [-0.2, -0.15) is 0 Å². The molecule has 0 aliphatic carbocycles. The van der Waals surface area contributed by atoms with E-state index in [1.165, 1.54) is 0 Å². The van der Waals surface area contributed by atoms with Crippen LogP contribution in [0.1, 0.15) is 32.4 Å². The van der Waals surface area contributed by atoms with Gasteiger partial charge < -0.3 is 11.1 Å². The van der Waals surface area contributed by atoms with Crippen molar-refractivity contribution in [2.24, 2.45) is 11.1 Å². The highest BCUT2D eigenvalue weighted by molar-refractivity contribution is 5.61. The van der Waals surface area contributed by atoms with Gasteiger partial charge in [0.15, 0.2) is 5.82 Å². The fraction of sp³-hybridized carbons (Fsp3) is 0.500. The van der Waals surface area contributed by atoms with Crippen molar-refractivity contribution in [2.75, 3.05) is 0 Å². The van der Waals surface area contributed by atoms with Crippen LogP contribution >= 0.6 is 0 Å². The molecule has 0 unspecified atom stereocenters. The molecule has 0 atom stereocenters. The van der Waals surface area contributed by atoms with Crippen LogP contribution in [0.2, 0.25) is 0 Å². The Morgan fingerprint density at radius 2 is 2.18 bits per heavy atom. The molecule has 1 aliphatic rings. The van der Waals surface area contributed by atoms with Gasteiger partial charge in [0.2, 0.25) is 0 Å². The van der Waals surface area contributed by atoms with Gasteiger partial charge >= 0.3 is 0 Å². The number of hydrogen-bond donors (Lipinski definition) is 2. The molecule has 5 nitrogen and oxygen atoms in total. The van der Waals surface area contributed by atoms with Gasteiger partial charge in [-0.15, -0.1) is 10.2 Å². The number of aromatic nitrogens is 3. The van der Waals surface area contributed by atoms with E-state index in [-0.39, 0.29) is 5.41 Å². The SMILES string of the molecule is C=CC1=C(N)NCc2nnc(CC(C)(C)C)n21. The predicted molar refractivity (Wildman–Crippen MR) is 67.6 cm³/mol. The monoisotopic (exact) mass is 233 g/mol. The molecular weight excluding hydrogens is 214 g/mol. The second-order valence-corrected chi connectivity index (χ2v) is 5.46. The summed E-state index contributed by atoms with van der Waals surface area (Å²) in [5.74, 6) is 2.45. The first kappa shape index (κ1) is 11.7. The van der Waals surface area contributed by atoms with Crippen molar-refractivity contribution in [3.05, 3.63) is 30.1 Å². The van der Waals surface area contributed by atoms with Crippen molar-refractivity contribution in [1.29, 1.82) is 0 Å². The van der Waals surface area contributed by atoms with Crippen LogP contribution in [0, 0.1) is 5.41 Å². The maximum Gasteiger partial charge on any atom is 0.157 e. The molecule has 0 fully saturated rings. The zero-order valence-corrected chi connectivity index (χ0v) is 10.6. The molecule has 3 N–H and O–H groups in total. The molecule has 0 radical (unpaired) electrons. The largest absolute Gasteiger partial charge is 0.384 e. The van der Waals surface area contributed by atoms with Crippen molar-refractivity contribution in [2.45, 2.75) is 33.7 Å². The molecule has 2 rings (SSSR count). The van der Waals surface area contributed by atoms with Crippen LogP contribution in [0.15, 0.2) is 18.5 Å². The summed E-state index contributed by atoms with van der Waals surface area (Å²) in [6.45, 7) is 10.9. The highest BCUT2D eigenvalue weighted by atomic mass is 15.3. The molecular formula is C12H19N5. The first-order valence-electron chi connectivity index (χ1n) is 5.72. The third kappa shape index (κ3) is 2.18. The second-order valence-electron chi connectivity index (χ2n) is 5.46. The molecule has 5 heteroatoms. The van der Waals surface area contributed by atoms with Gasteiger partial charge in [0.25, 0.3) is 0 Å². The van der Waals surface area contributed by atoms with Gasteiger partial charge in [0.1, 0.15) is 11.6 Å². The molecule has 0 saturated carbocycles. The lowest BCUT2D eigenvalue weighted by Crippen LogP contribution is -2.30. The van der Waals surface area contributed by atoms with Gasteiger partial charge in [-0.1, -0.05) is 27.4 Å². The number of allylic oxidation sites excluding steroid dienone is 2. The number of nitrogens with two attached hydrogens (primary N) is 1. The van der Waals surface area contributed by atoms with Crippen LogP contribution in [-0.2, 0) is 13.0 Å². The van der Waals surface area contributed by atoms with Gasteiger partial charge in [0.05, 0.1) is 12.2 Å². The van der Waals surface area contributed by atoms with Crippen LogP contribution < -0.4 is 11.1 Å². The van der Waals surface area contributed by atoms with Crippen LogP contribution in [0.3, 0.4) is 0 Å². The fourth-order valence-electron chi connectivity index (χ4n) is 1.92. The van der Waals surface area contributed by atoms with Crippen molar-refractivity contribution in [3.8, 4) is 0 Å². The van der Waals surface area contributed by atoms with Crippen LogP contribution in [0.4, 0.5) is 0 Å². The van der Waals surface area contributed by atoms with E-state index >= 15 is 0 Å². The highest BCUT2D eigenvalue weighted by Gasteiger charge is 2.23. The van der Waals surface area contributed by atoms with Gasteiger partial charge in [-0.25, -0.2) is 0 Å². The van der Waals surface area contributed by atoms with E-state index in [4.69, 9.17) is 5.73 Å². The first-order valence-corrected chi connectivity index (χ1v) is 5.72. The van der Waals surface area contributed by atoms with Gasteiger partial charge in [-0.05, 0) is 11.5 Å². The van der Waals surface area contributed by atoms with Gasteiger partial charge in [-0.3, -0.25) is 4.57 Å². The third-order valence-electron chi connectivity index (χ3n) is 2.63. The van der Waals surface area contributed by atoms with Crippen molar-refractivity contribution < 1.29 is 0 Å². The third-order valence-corrected chi connectivity index (χ3v) is 2.63. The summed E-state index contributed by atoms with van der Waals surface area (Å²) >= 11 is 0. The van der Waals surface area contributed by atoms with E-state index in [0.717, 1.165) is 23.8 Å². The van der Waals surface area contributed by atoms with E-state index in [0.29, 0.717) is 12.4 Å². The Bertz CT molecular complexity index is 476. The Morgan fingerprint density at radius 1 is 1.47 bits per heavy atom. The molecule has 1 aliphatic heterocycles. The molecule has 0 saturated heterocycles. The van der Waals surface area contributed by atoms with Crippen LogP contribution in [0.25, 0.3) is 5.70 Å². The minimum absolute atomic E-state index is 0.162. The van der Waals surface area contributed by atoms with Crippen molar-refractivity contribution >= 4 is 5.70 Å². The molecule has 92 valence electrons. The maximum atomic E-state index is 5.92. The molecule has 17 heavy (non-hydrogen) atoms. The number of hydrogen-bond acceptors (Lipinski definition) is 4. The first-order chi connectivity index (χ1) is 7.92. The Morgan fingerprint density at radius 3 is 2.76 bits per heavy atom. The smallest absolute Gasteiger partial charge is 0.157 e. The Kier molecular flexibility index (Phi) is 2.69. The molecule has 0 spiro atoms. The predicted octanol–water partition coefficient (Wildman–Crippen LogP) is 1.24. The number of nitrogens with zero attached hydrogens (tertiary/aromatic N) is 3. The standard InChI is InChI=1S/C12H19N5/c1-5-8-11(13)14-7-10-16-15-9(17(8)10)6-12(2,3)4/h5,14H,1,6-7,13H2,2-4H3. The summed E-state index contributed by atoms with van der Waals surface area (Å²) in [7, 11) is 0. The van der Waals surface area contributed by atoms with E-state index in [1.807, 2.05) is 4.57 Å². The number of rotatable bonds is 2. The Labute approximate surface area is 101 Å². The van der Waals surface area contributed by atoms with E-state index in [2.05, 4.69) is 42.9 Å². The lowest BCUT2D eigenvalue weighted by atomic mass is 9.92. The van der Waals surface area contributed by atoms with E-state index in [9.17, 15) is 0 Å². The average Bonchev–Trinajstić information content (AvgIpc) is 2.59.